The predicted octanol–water partition coefficient (Wildman–Crippen LogP) is 4.05. The molecule has 10 nitrogen and oxygen atoms in total. The number of carbonyl (C=O) groups is 1. The third kappa shape index (κ3) is 4.80. The van der Waals surface area contributed by atoms with Gasteiger partial charge >= 0.3 is 6.18 Å². The molecule has 0 bridgehead atoms. The van der Waals surface area contributed by atoms with Crippen molar-refractivity contribution >= 4 is 35.0 Å². The van der Waals surface area contributed by atoms with Crippen molar-refractivity contribution < 1.29 is 22.4 Å². The number of likely N-dealkylation sites (N-methyl/N-ethyl adjacent to an activating group) is 1. The first-order chi connectivity index (χ1) is 17.1. The topological polar surface area (TPSA) is 106 Å². The number of nitrogens with zero attached hydrogens (tertiary/aromatic N) is 8. The summed E-state index contributed by atoms with van der Waals surface area (Å²) in [4.78, 5) is 20.8. The van der Waals surface area contributed by atoms with Gasteiger partial charge < -0.3 is 10.2 Å². The molecule has 0 aliphatic carbocycles. The number of pyridine rings is 1. The second-order valence-electron chi connectivity index (χ2n) is 7.52. The first-order valence-electron chi connectivity index (χ1n) is 10.6. The quantitative estimate of drug-likeness (QED) is 0.316. The van der Waals surface area contributed by atoms with Crippen LogP contribution in [0.4, 0.5) is 28.9 Å². The van der Waals surface area contributed by atoms with Crippen LogP contribution in [0, 0.1) is 5.82 Å². The molecular formula is C21H22ClF4N9O. The molecule has 4 aromatic heterocycles. The molecule has 0 fully saturated rings. The molecule has 5 rings (SSSR count). The van der Waals surface area contributed by atoms with Crippen molar-refractivity contribution in [3.63, 3.8) is 0 Å². The number of rotatable bonds is 3. The maximum Gasteiger partial charge on any atom is 0.401 e. The van der Waals surface area contributed by atoms with E-state index in [-0.39, 0.29) is 17.9 Å². The minimum absolute atomic E-state index is 0.0728. The highest BCUT2D eigenvalue weighted by Gasteiger charge is 2.59. The summed E-state index contributed by atoms with van der Waals surface area (Å²) in [5.74, 6) is -0.319. The van der Waals surface area contributed by atoms with E-state index < -0.39 is 17.4 Å². The van der Waals surface area contributed by atoms with Gasteiger partial charge in [0.2, 0.25) is 6.41 Å². The average Bonchev–Trinajstić information content (AvgIpc) is 3.55. The number of nitrogens with one attached hydrogen (secondary N) is 1. The van der Waals surface area contributed by atoms with Gasteiger partial charge in [-0.3, -0.25) is 4.79 Å². The second-order valence-corrected chi connectivity index (χ2v) is 7.92. The third-order valence-corrected chi connectivity index (χ3v) is 5.51. The molecule has 1 N–H and O–H groups in total. The Bertz CT molecular complexity index is 1340. The molecule has 0 saturated heterocycles. The van der Waals surface area contributed by atoms with Crippen LogP contribution in [0.25, 0.3) is 11.5 Å². The number of aromatic nitrogens is 7. The van der Waals surface area contributed by atoms with Gasteiger partial charge in [-0.1, -0.05) is 25.4 Å². The Morgan fingerprint density at radius 2 is 1.78 bits per heavy atom. The summed E-state index contributed by atoms with van der Waals surface area (Å²) in [5, 5.41) is 14.3. The van der Waals surface area contributed by atoms with E-state index in [0.29, 0.717) is 28.6 Å². The standard InChI is InChI=1S/C11H10F4N4.C8H6ClN5O.C2H6/c1-10(11(13,14)15)5-18(2)7-4-16-9-6(12)3-17-19(9)8(7)10;9-7-3-6(11-5-15)4-10-8(7)14-12-1-2-13-14;1-2/h3-4H,5H2,1-2H3;1-5H,(H,11,15);1-2H3. The number of fused-ring (bicyclic) bond motifs is 3. The molecule has 4 aromatic rings. The lowest BCUT2D eigenvalue weighted by Crippen LogP contribution is -2.43. The van der Waals surface area contributed by atoms with Crippen molar-refractivity contribution in [3.8, 4) is 5.82 Å². The van der Waals surface area contributed by atoms with Gasteiger partial charge in [-0.05, 0) is 13.0 Å². The van der Waals surface area contributed by atoms with Crippen LogP contribution in [0.15, 0.2) is 37.1 Å². The van der Waals surface area contributed by atoms with E-state index in [1.54, 1.807) is 13.1 Å². The summed E-state index contributed by atoms with van der Waals surface area (Å²) >= 11 is 5.94. The fourth-order valence-electron chi connectivity index (χ4n) is 3.60. The Labute approximate surface area is 207 Å². The van der Waals surface area contributed by atoms with E-state index >= 15 is 0 Å². The number of alkyl halides is 3. The smallest absolute Gasteiger partial charge is 0.371 e. The molecule has 1 unspecified atom stereocenters. The van der Waals surface area contributed by atoms with Gasteiger partial charge in [-0.15, -0.1) is 4.80 Å². The zero-order chi connectivity index (χ0) is 26.7. The van der Waals surface area contributed by atoms with Crippen molar-refractivity contribution in [3.05, 3.63) is 53.6 Å². The molecule has 36 heavy (non-hydrogen) atoms. The van der Waals surface area contributed by atoms with Gasteiger partial charge in [0.15, 0.2) is 17.3 Å². The normalized spacial score (nSPS) is 16.5. The van der Waals surface area contributed by atoms with Crippen LogP contribution in [0.2, 0.25) is 5.02 Å². The predicted molar refractivity (Wildman–Crippen MR) is 125 cm³/mol. The summed E-state index contributed by atoms with van der Waals surface area (Å²) in [6.07, 6.45) is 2.75. The van der Waals surface area contributed by atoms with Gasteiger partial charge in [0, 0.05) is 13.6 Å². The van der Waals surface area contributed by atoms with Crippen LogP contribution in [0.3, 0.4) is 0 Å². The van der Waals surface area contributed by atoms with Gasteiger partial charge in [0.1, 0.15) is 5.41 Å². The molecule has 1 aliphatic heterocycles. The second kappa shape index (κ2) is 10.4. The van der Waals surface area contributed by atoms with Crippen molar-refractivity contribution in [2.45, 2.75) is 32.4 Å². The molecule has 0 spiro atoms. The highest BCUT2D eigenvalue weighted by atomic mass is 35.5. The molecule has 192 valence electrons. The number of halogens is 5. The molecule has 0 radical (unpaired) electrons. The number of hydrogen-bond acceptors (Lipinski definition) is 7. The van der Waals surface area contributed by atoms with Crippen LogP contribution in [0.1, 0.15) is 26.5 Å². The molecule has 15 heteroatoms. The monoisotopic (exact) mass is 527 g/mol. The molecule has 0 saturated carbocycles. The molecule has 5 heterocycles. The van der Waals surface area contributed by atoms with Gasteiger partial charge in [0.05, 0.1) is 53.1 Å². The molecule has 0 aromatic carbocycles. The zero-order valence-electron chi connectivity index (χ0n) is 19.6. The fraction of sp³-hybridized carbons (Fsp3) is 0.333. The fourth-order valence-corrected chi connectivity index (χ4v) is 3.84. The summed E-state index contributed by atoms with van der Waals surface area (Å²) in [7, 11) is 1.54. The number of carbonyl (C=O) groups excluding carboxylic acids is 1. The van der Waals surface area contributed by atoms with E-state index in [2.05, 4.69) is 30.6 Å². The molecular weight excluding hydrogens is 506 g/mol. The minimum atomic E-state index is -4.46. The number of hydrogen-bond donors (Lipinski definition) is 1. The summed E-state index contributed by atoms with van der Waals surface area (Å²) in [6, 6.07) is 1.57. The maximum atomic E-state index is 13.4. The van der Waals surface area contributed by atoms with Crippen molar-refractivity contribution in [1.82, 2.24) is 34.6 Å². The number of anilines is 2. The van der Waals surface area contributed by atoms with Crippen molar-refractivity contribution in [2.75, 3.05) is 23.8 Å². The summed E-state index contributed by atoms with van der Waals surface area (Å²) in [6.45, 7) is 4.85. The van der Waals surface area contributed by atoms with Crippen LogP contribution in [0.5, 0.6) is 0 Å². The van der Waals surface area contributed by atoms with Crippen LogP contribution < -0.4 is 10.2 Å². The van der Waals surface area contributed by atoms with Crippen LogP contribution in [-0.2, 0) is 10.2 Å². The lowest BCUT2D eigenvalue weighted by molar-refractivity contribution is -0.181. The Hall–Kier alpha value is -3.81. The lowest BCUT2D eigenvalue weighted by Gasteiger charge is -2.27. The van der Waals surface area contributed by atoms with Gasteiger partial charge in [-0.25, -0.2) is 18.9 Å². The Kier molecular flexibility index (Phi) is 7.77. The van der Waals surface area contributed by atoms with E-state index in [1.807, 2.05) is 13.8 Å². The SMILES string of the molecule is CC.CN1CC(C)(C(F)(F)F)c2c1cnc1c(F)cnn21.O=CNc1cnc(-n2nccn2)c(Cl)c1. The Balaban J connectivity index is 0.000000193. The highest BCUT2D eigenvalue weighted by molar-refractivity contribution is 6.32. The lowest BCUT2D eigenvalue weighted by atomic mass is 9.88. The first-order valence-corrected chi connectivity index (χ1v) is 11.0. The average molecular weight is 528 g/mol. The van der Waals surface area contributed by atoms with Crippen molar-refractivity contribution in [1.29, 1.82) is 0 Å². The first kappa shape index (κ1) is 26.8. The Morgan fingerprint density at radius 3 is 2.36 bits per heavy atom. The zero-order valence-corrected chi connectivity index (χ0v) is 20.4. The molecule has 1 amide bonds. The highest BCUT2D eigenvalue weighted by Crippen LogP contribution is 2.49. The molecule has 1 aliphatic rings. The number of amides is 1. The van der Waals surface area contributed by atoms with Crippen molar-refractivity contribution in [2.24, 2.45) is 0 Å². The van der Waals surface area contributed by atoms with E-state index in [1.165, 1.54) is 34.5 Å². The minimum Gasteiger partial charge on any atom is -0.371 e. The van der Waals surface area contributed by atoms with E-state index in [9.17, 15) is 22.4 Å². The summed E-state index contributed by atoms with van der Waals surface area (Å²) in [5.41, 5.74) is -1.53. The summed E-state index contributed by atoms with van der Waals surface area (Å²) < 4.78 is 54.4. The van der Waals surface area contributed by atoms with Gasteiger partial charge in [-0.2, -0.15) is 28.5 Å². The Morgan fingerprint density at radius 1 is 1.11 bits per heavy atom. The van der Waals surface area contributed by atoms with E-state index in [0.717, 1.165) is 17.6 Å². The molecule has 1 atom stereocenters. The third-order valence-electron chi connectivity index (χ3n) is 5.23. The van der Waals surface area contributed by atoms with Gasteiger partial charge in [0.25, 0.3) is 0 Å². The maximum absolute atomic E-state index is 13.4. The van der Waals surface area contributed by atoms with E-state index in [4.69, 9.17) is 11.6 Å². The largest absolute Gasteiger partial charge is 0.401 e. The van der Waals surface area contributed by atoms with Crippen LogP contribution in [-0.4, -0.2) is 60.8 Å². The van der Waals surface area contributed by atoms with Crippen LogP contribution >= 0.6 is 11.6 Å².